The zero-order chi connectivity index (χ0) is 12.6. The summed E-state index contributed by atoms with van der Waals surface area (Å²) in [6.45, 7) is 1.89. The fourth-order valence-electron chi connectivity index (χ4n) is 2.56. The second kappa shape index (κ2) is 4.33. The van der Waals surface area contributed by atoms with Crippen molar-refractivity contribution in [3.63, 3.8) is 0 Å². The molecule has 1 nitrogen and oxygen atoms in total. The van der Waals surface area contributed by atoms with Gasteiger partial charge in [-0.2, -0.15) is 13.2 Å². The third-order valence-electron chi connectivity index (χ3n) is 3.66. The third-order valence-corrected chi connectivity index (χ3v) is 3.66. The van der Waals surface area contributed by atoms with Crippen molar-refractivity contribution in [3.05, 3.63) is 35.4 Å². The second-order valence-corrected chi connectivity index (χ2v) is 4.73. The van der Waals surface area contributed by atoms with Crippen LogP contribution in [0.15, 0.2) is 24.3 Å². The Morgan fingerprint density at radius 3 is 2.47 bits per heavy atom. The van der Waals surface area contributed by atoms with E-state index in [1.54, 1.807) is 6.07 Å². The molecule has 94 valence electrons. The molecule has 17 heavy (non-hydrogen) atoms. The molecule has 4 heteroatoms. The smallest absolute Gasteiger partial charge is 0.393 e. The van der Waals surface area contributed by atoms with Crippen LogP contribution in [0.4, 0.5) is 13.2 Å². The van der Waals surface area contributed by atoms with Gasteiger partial charge in [-0.3, -0.25) is 0 Å². The number of aliphatic hydroxyl groups excluding tert-OH is 1. The predicted octanol–water partition coefficient (Wildman–Crippen LogP) is 3.58. The van der Waals surface area contributed by atoms with E-state index >= 15 is 0 Å². The monoisotopic (exact) mass is 244 g/mol. The first kappa shape index (κ1) is 12.4. The first-order valence-electron chi connectivity index (χ1n) is 5.75. The van der Waals surface area contributed by atoms with Crippen molar-refractivity contribution < 1.29 is 18.3 Å². The van der Waals surface area contributed by atoms with Crippen LogP contribution in [0.5, 0.6) is 0 Å². The molecule has 0 heterocycles. The Kier molecular flexibility index (Phi) is 3.17. The van der Waals surface area contributed by atoms with Crippen LogP contribution in [0.2, 0.25) is 0 Å². The van der Waals surface area contributed by atoms with Gasteiger partial charge >= 0.3 is 6.18 Å². The molecule has 0 bridgehead atoms. The molecule has 0 spiro atoms. The number of hydrogen-bond donors (Lipinski definition) is 1. The highest BCUT2D eigenvalue weighted by molar-refractivity contribution is 5.29. The van der Waals surface area contributed by atoms with Gasteiger partial charge < -0.3 is 5.11 Å². The Morgan fingerprint density at radius 1 is 1.24 bits per heavy atom. The molecule has 0 aliphatic heterocycles. The summed E-state index contributed by atoms with van der Waals surface area (Å²) in [5, 5.41) is 9.64. The molecule has 1 aromatic carbocycles. The summed E-state index contributed by atoms with van der Waals surface area (Å²) in [5.41, 5.74) is 0.0764. The van der Waals surface area contributed by atoms with Gasteiger partial charge in [-0.1, -0.05) is 25.1 Å². The Balaban J connectivity index is 2.28. The molecular weight excluding hydrogens is 229 g/mol. The number of halogens is 3. The molecule has 1 N–H and O–H groups in total. The lowest BCUT2D eigenvalue weighted by Gasteiger charge is -2.19. The lowest BCUT2D eigenvalue weighted by Crippen LogP contribution is -2.14. The summed E-state index contributed by atoms with van der Waals surface area (Å²) in [4.78, 5) is 0. The fourth-order valence-corrected chi connectivity index (χ4v) is 2.56. The van der Waals surface area contributed by atoms with Crippen molar-refractivity contribution in [1.82, 2.24) is 0 Å². The molecule has 2 rings (SSSR count). The molecule has 3 atom stereocenters. The van der Waals surface area contributed by atoms with Crippen molar-refractivity contribution >= 4 is 0 Å². The number of benzene rings is 1. The first-order valence-corrected chi connectivity index (χ1v) is 5.75. The van der Waals surface area contributed by atoms with Gasteiger partial charge in [-0.25, -0.2) is 0 Å². The highest BCUT2D eigenvalue weighted by Gasteiger charge is 2.35. The van der Waals surface area contributed by atoms with Gasteiger partial charge in [0, 0.05) is 0 Å². The molecule has 0 radical (unpaired) electrons. The third kappa shape index (κ3) is 2.46. The number of hydrogen-bond acceptors (Lipinski definition) is 1. The van der Waals surface area contributed by atoms with Gasteiger partial charge in [0.05, 0.1) is 11.7 Å². The highest BCUT2D eigenvalue weighted by Crippen LogP contribution is 2.41. The van der Waals surface area contributed by atoms with E-state index in [9.17, 15) is 18.3 Å². The summed E-state index contributed by atoms with van der Waals surface area (Å²) in [5.74, 6) is 0.0609. The minimum Gasteiger partial charge on any atom is -0.393 e. The van der Waals surface area contributed by atoms with Crippen molar-refractivity contribution in [1.29, 1.82) is 0 Å². The van der Waals surface area contributed by atoms with Gasteiger partial charge in [0.25, 0.3) is 0 Å². The van der Waals surface area contributed by atoms with Gasteiger partial charge in [-0.05, 0) is 36.3 Å². The Bertz CT molecular complexity index is 400. The molecule has 0 aromatic heterocycles. The quantitative estimate of drug-likeness (QED) is 0.800. The average Bonchev–Trinajstić information content (AvgIpc) is 2.59. The average molecular weight is 244 g/mol. The standard InChI is InChI=1S/C13H15F3O/c1-8-11(5-6-12(8)17)9-3-2-4-10(7-9)13(14,15)16/h2-4,7-8,11-12,17H,5-6H2,1H3. The molecule has 1 saturated carbocycles. The molecule has 1 aliphatic carbocycles. The SMILES string of the molecule is CC1C(O)CCC1c1cccc(C(F)(F)F)c1. The van der Waals surface area contributed by atoms with Crippen LogP contribution >= 0.6 is 0 Å². The lowest BCUT2D eigenvalue weighted by atomic mass is 9.88. The zero-order valence-corrected chi connectivity index (χ0v) is 9.54. The van der Waals surface area contributed by atoms with Crippen LogP contribution in [0.1, 0.15) is 36.8 Å². The summed E-state index contributed by atoms with van der Waals surface area (Å²) in [6.07, 6.45) is -3.27. The Labute approximate surface area is 98.3 Å². The fraction of sp³-hybridized carbons (Fsp3) is 0.538. The van der Waals surface area contributed by atoms with Gasteiger partial charge in [0.15, 0.2) is 0 Å². The zero-order valence-electron chi connectivity index (χ0n) is 9.54. The normalized spacial score (nSPS) is 29.6. The van der Waals surface area contributed by atoms with Crippen LogP contribution in [0.3, 0.4) is 0 Å². The van der Waals surface area contributed by atoms with Crippen LogP contribution in [0.25, 0.3) is 0 Å². The first-order chi connectivity index (χ1) is 7.89. The maximum atomic E-state index is 12.6. The largest absolute Gasteiger partial charge is 0.416 e. The molecule has 1 aromatic rings. The summed E-state index contributed by atoms with van der Waals surface area (Å²) >= 11 is 0. The maximum Gasteiger partial charge on any atom is 0.416 e. The van der Waals surface area contributed by atoms with Gasteiger partial charge in [-0.15, -0.1) is 0 Å². The van der Waals surface area contributed by atoms with Crippen molar-refractivity contribution in [2.75, 3.05) is 0 Å². The minimum absolute atomic E-state index is 0.0264. The molecule has 1 aliphatic rings. The van der Waals surface area contributed by atoms with E-state index in [2.05, 4.69) is 0 Å². The summed E-state index contributed by atoms with van der Waals surface area (Å²) < 4.78 is 37.7. The number of alkyl halides is 3. The Morgan fingerprint density at radius 2 is 1.94 bits per heavy atom. The molecule has 1 fully saturated rings. The van der Waals surface area contributed by atoms with E-state index in [4.69, 9.17) is 0 Å². The topological polar surface area (TPSA) is 20.2 Å². The highest BCUT2D eigenvalue weighted by atomic mass is 19.4. The van der Waals surface area contributed by atoms with Crippen molar-refractivity contribution in [2.45, 2.75) is 38.0 Å². The molecule has 0 amide bonds. The van der Waals surface area contributed by atoms with E-state index in [0.717, 1.165) is 12.5 Å². The second-order valence-electron chi connectivity index (χ2n) is 4.73. The van der Waals surface area contributed by atoms with E-state index < -0.39 is 17.8 Å². The molecular formula is C13H15F3O. The maximum absolute atomic E-state index is 12.6. The molecule has 0 saturated heterocycles. The van der Waals surface area contributed by atoms with E-state index in [-0.39, 0.29) is 11.8 Å². The number of rotatable bonds is 1. The van der Waals surface area contributed by atoms with Crippen LogP contribution in [-0.2, 0) is 6.18 Å². The van der Waals surface area contributed by atoms with Gasteiger partial charge in [0.1, 0.15) is 0 Å². The molecule has 3 unspecified atom stereocenters. The summed E-state index contributed by atoms with van der Waals surface area (Å²) in [6, 6.07) is 5.45. The van der Waals surface area contributed by atoms with Gasteiger partial charge in [0.2, 0.25) is 0 Å². The predicted molar refractivity (Wildman–Crippen MR) is 58.6 cm³/mol. The van der Waals surface area contributed by atoms with Crippen molar-refractivity contribution in [2.24, 2.45) is 5.92 Å². The van der Waals surface area contributed by atoms with Crippen molar-refractivity contribution in [3.8, 4) is 0 Å². The van der Waals surface area contributed by atoms with Crippen LogP contribution < -0.4 is 0 Å². The number of aliphatic hydroxyl groups is 1. The minimum atomic E-state index is -4.30. The van der Waals surface area contributed by atoms with E-state index in [0.29, 0.717) is 12.0 Å². The lowest BCUT2D eigenvalue weighted by molar-refractivity contribution is -0.137. The Hall–Kier alpha value is -1.03. The van der Waals surface area contributed by atoms with Crippen LogP contribution in [-0.4, -0.2) is 11.2 Å². The van der Waals surface area contributed by atoms with Crippen LogP contribution in [0, 0.1) is 5.92 Å². The summed E-state index contributed by atoms with van der Waals surface area (Å²) in [7, 11) is 0. The van der Waals surface area contributed by atoms with E-state index in [1.807, 2.05) is 6.92 Å². The van der Waals surface area contributed by atoms with E-state index in [1.165, 1.54) is 12.1 Å².